The normalized spacial score (nSPS) is 10.8. The quantitative estimate of drug-likeness (QED) is 0.608. The number of nitrogens with zero attached hydrogens (tertiary/aromatic N) is 2. The fourth-order valence-electron chi connectivity index (χ4n) is 2.21. The summed E-state index contributed by atoms with van der Waals surface area (Å²) in [4.78, 5) is 13.8. The maximum absolute atomic E-state index is 11.7. The number of hydrazone groups is 1. The van der Waals surface area contributed by atoms with E-state index in [0.29, 0.717) is 6.42 Å². The second-order valence-electron chi connectivity index (χ2n) is 5.80. The van der Waals surface area contributed by atoms with Gasteiger partial charge < -0.3 is 10.0 Å². The first-order valence-electron chi connectivity index (χ1n) is 7.92. The highest BCUT2D eigenvalue weighted by molar-refractivity contribution is 5.82. The zero-order valence-corrected chi connectivity index (χ0v) is 14.1. The standard InChI is InChI=1S/C19H23N3O2/c1-22(2)17-10-6-16(7-11-17)14-20-21-19(24)5-3-4-15-8-12-18(23)13-9-15/h6-14,23H,3-5H2,1-2H3,(H,21,24). The van der Waals surface area contributed by atoms with Crippen molar-refractivity contribution < 1.29 is 9.90 Å². The van der Waals surface area contributed by atoms with E-state index in [4.69, 9.17) is 0 Å². The van der Waals surface area contributed by atoms with Crippen molar-refractivity contribution >= 4 is 17.8 Å². The minimum absolute atomic E-state index is 0.102. The minimum atomic E-state index is -0.102. The summed E-state index contributed by atoms with van der Waals surface area (Å²) in [6.07, 6.45) is 3.59. The van der Waals surface area contributed by atoms with E-state index in [1.165, 1.54) is 0 Å². The Kier molecular flexibility index (Phi) is 6.37. The van der Waals surface area contributed by atoms with Crippen LogP contribution in [0.4, 0.5) is 5.69 Å². The van der Waals surface area contributed by atoms with Gasteiger partial charge in [0.1, 0.15) is 5.75 Å². The number of rotatable bonds is 7. The molecule has 1 amide bonds. The van der Waals surface area contributed by atoms with E-state index >= 15 is 0 Å². The van der Waals surface area contributed by atoms with E-state index in [1.54, 1.807) is 18.3 Å². The maximum Gasteiger partial charge on any atom is 0.240 e. The molecule has 0 aliphatic rings. The number of carbonyl (C=O) groups excluding carboxylic acids is 1. The Morgan fingerprint density at radius 2 is 1.79 bits per heavy atom. The number of aromatic hydroxyl groups is 1. The van der Waals surface area contributed by atoms with Crippen LogP contribution in [-0.2, 0) is 11.2 Å². The lowest BCUT2D eigenvalue weighted by atomic mass is 10.1. The molecule has 0 heterocycles. The van der Waals surface area contributed by atoms with Crippen LogP contribution in [0.5, 0.6) is 5.75 Å². The molecule has 0 bridgehead atoms. The van der Waals surface area contributed by atoms with Crippen molar-refractivity contribution in [1.29, 1.82) is 0 Å². The van der Waals surface area contributed by atoms with E-state index < -0.39 is 0 Å². The van der Waals surface area contributed by atoms with Crippen LogP contribution in [-0.4, -0.2) is 31.3 Å². The number of phenolic OH excluding ortho intramolecular Hbond substituents is 1. The van der Waals surface area contributed by atoms with Crippen molar-refractivity contribution in [2.75, 3.05) is 19.0 Å². The van der Waals surface area contributed by atoms with Gasteiger partial charge in [-0.2, -0.15) is 5.10 Å². The molecule has 0 aliphatic heterocycles. The first kappa shape index (κ1) is 17.5. The summed E-state index contributed by atoms with van der Waals surface area (Å²) >= 11 is 0. The minimum Gasteiger partial charge on any atom is -0.508 e. The zero-order chi connectivity index (χ0) is 17.4. The summed E-state index contributed by atoms with van der Waals surface area (Å²) in [6.45, 7) is 0. The molecule has 2 rings (SSSR count). The first-order chi connectivity index (χ1) is 11.5. The lowest BCUT2D eigenvalue weighted by molar-refractivity contribution is -0.121. The van der Waals surface area contributed by atoms with E-state index in [-0.39, 0.29) is 11.7 Å². The highest BCUT2D eigenvalue weighted by Crippen LogP contribution is 2.12. The molecule has 2 aromatic rings. The molecule has 5 nitrogen and oxygen atoms in total. The van der Waals surface area contributed by atoms with Crippen LogP contribution >= 0.6 is 0 Å². The average Bonchev–Trinajstić information content (AvgIpc) is 2.57. The van der Waals surface area contributed by atoms with Crippen LogP contribution in [0.15, 0.2) is 53.6 Å². The number of carbonyl (C=O) groups is 1. The Morgan fingerprint density at radius 3 is 2.42 bits per heavy atom. The smallest absolute Gasteiger partial charge is 0.240 e. The molecule has 2 aromatic carbocycles. The van der Waals surface area contributed by atoms with E-state index in [2.05, 4.69) is 10.5 Å². The second kappa shape index (κ2) is 8.72. The summed E-state index contributed by atoms with van der Waals surface area (Å²) in [5.74, 6) is 0.152. The average molecular weight is 325 g/mol. The van der Waals surface area contributed by atoms with Gasteiger partial charge in [-0.05, 0) is 48.2 Å². The molecule has 0 radical (unpaired) electrons. The maximum atomic E-state index is 11.7. The number of phenols is 1. The number of hydrogen-bond acceptors (Lipinski definition) is 4. The number of anilines is 1. The topological polar surface area (TPSA) is 64.9 Å². The summed E-state index contributed by atoms with van der Waals surface area (Å²) in [7, 11) is 3.98. The number of nitrogens with one attached hydrogen (secondary N) is 1. The lowest BCUT2D eigenvalue weighted by Crippen LogP contribution is -2.17. The molecule has 0 saturated carbocycles. The molecule has 5 heteroatoms. The van der Waals surface area contributed by atoms with E-state index in [1.807, 2.05) is 55.4 Å². The number of benzene rings is 2. The van der Waals surface area contributed by atoms with Crippen molar-refractivity contribution in [2.45, 2.75) is 19.3 Å². The number of aryl methyl sites for hydroxylation is 1. The van der Waals surface area contributed by atoms with Gasteiger partial charge >= 0.3 is 0 Å². The largest absolute Gasteiger partial charge is 0.508 e. The van der Waals surface area contributed by atoms with Gasteiger partial charge in [0.25, 0.3) is 0 Å². The molecule has 0 atom stereocenters. The van der Waals surface area contributed by atoms with Crippen LogP contribution in [0.2, 0.25) is 0 Å². The molecule has 0 spiro atoms. The van der Waals surface area contributed by atoms with Gasteiger partial charge in [0, 0.05) is 26.2 Å². The van der Waals surface area contributed by atoms with Crippen molar-refractivity contribution in [3.63, 3.8) is 0 Å². The lowest BCUT2D eigenvalue weighted by Gasteiger charge is -2.11. The Hall–Kier alpha value is -2.82. The predicted octanol–water partition coefficient (Wildman–Crippen LogP) is 2.93. The van der Waals surface area contributed by atoms with Gasteiger partial charge in [-0.1, -0.05) is 24.3 Å². The zero-order valence-electron chi connectivity index (χ0n) is 14.1. The Balaban J connectivity index is 1.71. The van der Waals surface area contributed by atoms with Crippen molar-refractivity contribution in [2.24, 2.45) is 5.10 Å². The highest BCUT2D eigenvalue weighted by Gasteiger charge is 2.01. The number of amides is 1. The van der Waals surface area contributed by atoms with Crippen molar-refractivity contribution in [1.82, 2.24) is 5.43 Å². The monoisotopic (exact) mass is 325 g/mol. The van der Waals surface area contributed by atoms with Crippen LogP contribution in [0, 0.1) is 0 Å². The van der Waals surface area contributed by atoms with Gasteiger partial charge in [0.15, 0.2) is 0 Å². The van der Waals surface area contributed by atoms with Gasteiger partial charge in [-0.15, -0.1) is 0 Å². The van der Waals surface area contributed by atoms with Gasteiger partial charge in [0.05, 0.1) is 6.21 Å². The molecule has 126 valence electrons. The molecular weight excluding hydrogens is 302 g/mol. The summed E-state index contributed by atoms with van der Waals surface area (Å²) in [6, 6.07) is 14.9. The molecule has 0 aromatic heterocycles. The van der Waals surface area contributed by atoms with E-state index in [9.17, 15) is 9.90 Å². The predicted molar refractivity (Wildman–Crippen MR) is 97.6 cm³/mol. The number of hydrogen-bond donors (Lipinski definition) is 2. The third kappa shape index (κ3) is 5.76. The SMILES string of the molecule is CN(C)c1ccc(C=NNC(=O)CCCc2ccc(O)cc2)cc1. The summed E-state index contributed by atoms with van der Waals surface area (Å²) in [5.41, 5.74) is 5.70. The second-order valence-corrected chi connectivity index (χ2v) is 5.80. The van der Waals surface area contributed by atoms with Crippen LogP contribution in [0.1, 0.15) is 24.0 Å². The third-order valence-corrected chi connectivity index (χ3v) is 3.62. The fraction of sp³-hybridized carbons (Fsp3) is 0.263. The van der Waals surface area contributed by atoms with Gasteiger partial charge in [-0.3, -0.25) is 4.79 Å². The molecule has 2 N–H and O–H groups in total. The van der Waals surface area contributed by atoms with Crippen LogP contribution < -0.4 is 10.3 Å². The van der Waals surface area contributed by atoms with Crippen molar-refractivity contribution in [3.8, 4) is 5.75 Å². The molecule has 24 heavy (non-hydrogen) atoms. The third-order valence-electron chi connectivity index (χ3n) is 3.62. The molecular formula is C19H23N3O2. The van der Waals surface area contributed by atoms with Gasteiger partial charge in [0.2, 0.25) is 5.91 Å². The molecule has 0 fully saturated rings. The Labute approximate surface area is 142 Å². The van der Waals surface area contributed by atoms with Crippen LogP contribution in [0.25, 0.3) is 0 Å². The Bertz CT molecular complexity index is 677. The summed E-state index contributed by atoms with van der Waals surface area (Å²) in [5, 5.41) is 13.2. The van der Waals surface area contributed by atoms with Crippen LogP contribution in [0.3, 0.4) is 0 Å². The van der Waals surface area contributed by atoms with Gasteiger partial charge in [-0.25, -0.2) is 5.43 Å². The first-order valence-corrected chi connectivity index (χ1v) is 7.92. The van der Waals surface area contributed by atoms with Crippen molar-refractivity contribution in [3.05, 3.63) is 59.7 Å². The molecule has 0 saturated heterocycles. The Morgan fingerprint density at radius 1 is 1.12 bits per heavy atom. The van der Waals surface area contributed by atoms with E-state index in [0.717, 1.165) is 29.7 Å². The highest BCUT2D eigenvalue weighted by atomic mass is 16.3. The fourth-order valence-corrected chi connectivity index (χ4v) is 2.21. The summed E-state index contributed by atoms with van der Waals surface area (Å²) < 4.78 is 0. The molecule has 0 unspecified atom stereocenters. The molecule has 0 aliphatic carbocycles.